The summed E-state index contributed by atoms with van der Waals surface area (Å²) in [6.07, 6.45) is 27.2. The zero-order valence-electron chi connectivity index (χ0n) is 62.2. The number of allylic oxidation sites excluding steroid dienone is 3. The van der Waals surface area contributed by atoms with Crippen LogP contribution >= 0.6 is 0 Å². The van der Waals surface area contributed by atoms with Crippen molar-refractivity contribution < 1.29 is 70.4 Å². The fraction of sp³-hybridized carbons (Fsp3) is 0.483. The number of halogens is 3. The molecule has 0 radical (unpaired) electrons. The van der Waals surface area contributed by atoms with Crippen LogP contribution in [0.4, 0.5) is 27.6 Å². The van der Waals surface area contributed by atoms with Crippen LogP contribution < -0.4 is 16.0 Å². The van der Waals surface area contributed by atoms with Gasteiger partial charge in [-0.25, -0.2) is 27.6 Å². The van der Waals surface area contributed by atoms with Crippen LogP contribution in [-0.4, -0.2) is 107 Å². The molecule has 3 aliphatic heterocycles. The van der Waals surface area contributed by atoms with Gasteiger partial charge in [-0.3, -0.25) is 29.3 Å². The minimum atomic E-state index is -0.368. The van der Waals surface area contributed by atoms with Crippen molar-refractivity contribution in [1.82, 2.24) is 30.9 Å². The molecular weight excluding hydrogens is 1380 g/mol. The van der Waals surface area contributed by atoms with E-state index in [1.54, 1.807) is 57.6 Å². The molecule has 3 aromatic heterocycles. The molecule has 6 saturated carbocycles. The molecule has 6 aromatic rings. The Morgan fingerprint density at radius 2 is 0.694 bits per heavy atom. The highest BCUT2D eigenvalue weighted by atomic mass is 19.1. The monoisotopic (exact) mass is 1480 g/mol. The number of alkyl carbamates (subject to hydrolysis) is 3. The number of nitrogens with zero attached hydrogens (tertiary/aromatic N) is 3. The minimum absolute atomic E-state index is 0.0679. The Hall–Kier alpha value is -9.66. The fourth-order valence-electron chi connectivity index (χ4n) is 19.9. The Morgan fingerprint density at radius 3 is 0.944 bits per heavy atom. The lowest BCUT2D eigenvalue weighted by Gasteiger charge is -2.47. The Balaban J connectivity index is 0.000000143. The summed E-state index contributed by atoms with van der Waals surface area (Å²) in [4.78, 5) is 87.7. The summed E-state index contributed by atoms with van der Waals surface area (Å²) in [6.45, 7) is 12.5. The van der Waals surface area contributed by atoms with Crippen molar-refractivity contribution in [3.05, 3.63) is 181 Å². The molecule has 9 aliphatic rings. The number of aromatic nitrogens is 3. The number of ether oxygens (including phenoxy) is 6. The number of fused-ring (bicyclic) bond motifs is 6. The van der Waals surface area contributed by atoms with E-state index in [0.717, 1.165) is 128 Å². The molecule has 6 aliphatic carbocycles. The molecule has 18 nitrogen and oxygen atoms in total. The lowest BCUT2D eigenvalue weighted by atomic mass is 9.57. The van der Waals surface area contributed by atoms with Gasteiger partial charge in [0.2, 0.25) is 0 Å². The van der Waals surface area contributed by atoms with E-state index in [9.17, 15) is 41.9 Å². The number of esters is 3. The van der Waals surface area contributed by atoms with E-state index in [0.29, 0.717) is 55.3 Å². The van der Waals surface area contributed by atoms with Crippen LogP contribution in [0.2, 0.25) is 0 Å². The van der Waals surface area contributed by atoms with E-state index in [4.69, 9.17) is 28.4 Å². The van der Waals surface area contributed by atoms with Gasteiger partial charge in [0.1, 0.15) is 35.8 Å². The van der Waals surface area contributed by atoms with Crippen molar-refractivity contribution in [2.45, 2.75) is 155 Å². The molecule has 21 heteroatoms. The summed E-state index contributed by atoms with van der Waals surface area (Å²) in [5.41, 5.74) is 7.43. The molecule has 21 atom stereocenters. The number of hydrogen-bond acceptors (Lipinski definition) is 15. The molecule has 3 N–H and O–H groups in total. The largest absolute Gasteiger partial charge is 0.462 e. The van der Waals surface area contributed by atoms with Crippen LogP contribution in [-0.2, 0) is 42.8 Å². The highest BCUT2D eigenvalue weighted by molar-refractivity contribution is 5.78. The quantitative estimate of drug-likeness (QED) is 0.0641. The van der Waals surface area contributed by atoms with Crippen molar-refractivity contribution in [3.8, 4) is 33.4 Å². The molecule has 6 heterocycles. The van der Waals surface area contributed by atoms with Crippen molar-refractivity contribution in [1.29, 1.82) is 0 Å². The van der Waals surface area contributed by atoms with Crippen LogP contribution in [0.5, 0.6) is 0 Å². The Labute approximate surface area is 630 Å². The maximum atomic E-state index is 13.6. The molecule has 15 rings (SSSR count). The number of cyclic esters (lactones) is 3. The Kier molecular flexibility index (Phi) is 24.6. The van der Waals surface area contributed by atoms with Crippen LogP contribution in [0.1, 0.15) is 136 Å². The number of benzene rings is 3. The summed E-state index contributed by atoms with van der Waals surface area (Å²) in [6, 6.07) is 31.3. The number of rotatable bonds is 15. The molecule has 3 saturated heterocycles. The number of amides is 3. The second-order valence-corrected chi connectivity index (χ2v) is 30.8. The van der Waals surface area contributed by atoms with Gasteiger partial charge in [0.15, 0.2) is 0 Å². The number of carbonyl (C=O) groups is 6. The van der Waals surface area contributed by atoms with Gasteiger partial charge in [-0.2, -0.15) is 0 Å². The van der Waals surface area contributed by atoms with Gasteiger partial charge in [-0.1, -0.05) is 72.8 Å². The first-order valence-electron chi connectivity index (χ1n) is 38.9. The van der Waals surface area contributed by atoms with Crippen LogP contribution in [0, 0.1) is 106 Å². The van der Waals surface area contributed by atoms with Crippen molar-refractivity contribution in [3.63, 3.8) is 0 Å². The SMILES string of the molecule is CCOC(=O)N[C@@H]1CC[C@@H]2[C@@H](C1)C[C@H]1C(=O)O[C@H](C)[C@@H]1[C@H]2/C=C/c1ccc(-c2cccc(F)c2)cn1.CCOC(=O)N[C@@H]1CC[C@H]2[C@H](C1)C[C@@H]1C(=O)O[C@H](C)[C@@H]1[C@H]2/C=C/c1ccc(-c2cccc(F)c2)cn1.CCOC(=O)N[C@@H]1CC[C@H]2[C@H](C1)C[C@H]1C(=O)O[C@@H](C)[C@H]1[C@@H]2/C=C/c1ccc(-c2cccc(F)c2)cn1. The van der Waals surface area contributed by atoms with Gasteiger partial charge < -0.3 is 44.4 Å². The summed E-state index contributed by atoms with van der Waals surface area (Å²) in [5, 5.41) is 9.00. The first-order valence-corrected chi connectivity index (χ1v) is 38.9. The molecule has 3 aromatic carbocycles. The van der Waals surface area contributed by atoms with Crippen molar-refractivity contribution >= 4 is 54.4 Å². The van der Waals surface area contributed by atoms with E-state index in [-0.39, 0.29) is 143 Å². The Bertz CT molecular complexity index is 3830. The highest BCUT2D eigenvalue weighted by Crippen LogP contribution is 2.57. The van der Waals surface area contributed by atoms with Crippen molar-refractivity contribution in [2.24, 2.45) is 88.8 Å². The maximum Gasteiger partial charge on any atom is 0.407 e. The van der Waals surface area contributed by atoms with Crippen LogP contribution in [0.15, 0.2) is 146 Å². The second-order valence-electron chi connectivity index (χ2n) is 30.8. The summed E-state index contributed by atoms with van der Waals surface area (Å²) >= 11 is 0. The lowest BCUT2D eigenvalue weighted by molar-refractivity contribution is -0.145. The number of pyridine rings is 3. The van der Waals surface area contributed by atoms with E-state index in [1.165, 1.54) is 36.4 Å². The first-order chi connectivity index (χ1) is 52.3. The van der Waals surface area contributed by atoms with Gasteiger partial charge in [0.05, 0.1) is 54.7 Å². The highest BCUT2D eigenvalue weighted by Gasteiger charge is 2.58. The fourth-order valence-corrected chi connectivity index (χ4v) is 19.9. The molecule has 3 amide bonds. The van der Waals surface area contributed by atoms with Gasteiger partial charge in [0, 0.05) is 71.2 Å². The average molecular weight is 1480 g/mol. The number of carbonyl (C=O) groups excluding carboxylic acids is 6. The molecule has 9 fully saturated rings. The Morgan fingerprint density at radius 1 is 0.407 bits per heavy atom. The van der Waals surface area contributed by atoms with E-state index in [1.807, 2.05) is 93.6 Å². The smallest absolute Gasteiger partial charge is 0.407 e. The van der Waals surface area contributed by atoms with Crippen LogP contribution in [0.25, 0.3) is 51.6 Å². The van der Waals surface area contributed by atoms with Gasteiger partial charge >= 0.3 is 36.2 Å². The lowest BCUT2D eigenvalue weighted by Crippen LogP contribution is -2.48. The standard InChI is InChI=1S/3C29H33FN2O4/c3*1-3-35-29(34)32-23-10-11-24-20(14-23)15-26-27(17(2)36-28(26)33)25(24)12-9-22-8-7-19(16-31-22)18-5-4-6-21(30)13-18/h3*4-9,12-13,16-17,20,23-27H,3,10-11,14-15H2,1-2H3,(H,32,34)/b3*12-9+/t17-,20+,23+,24-,25+,26+,27-;17-,20+,23-,24-,25+,26-,27-;17-,20-,23-,24+,25+,26+,27-/m011/s1. The zero-order valence-corrected chi connectivity index (χ0v) is 62.2. The molecule has 0 unspecified atom stereocenters. The summed E-state index contributed by atoms with van der Waals surface area (Å²) in [7, 11) is 0. The molecule has 570 valence electrons. The molecule has 0 bridgehead atoms. The summed E-state index contributed by atoms with van der Waals surface area (Å²) in [5.74, 6) is 1.89. The van der Waals surface area contributed by atoms with Gasteiger partial charge in [-0.05, 0) is 261 Å². The predicted molar refractivity (Wildman–Crippen MR) is 402 cm³/mol. The average Bonchev–Trinajstić information content (AvgIpc) is 1.54. The summed E-state index contributed by atoms with van der Waals surface area (Å²) < 4.78 is 73.0. The maximum absolute atomic E-state index is 13.6. The predicted octanol–water partition coefficient (Wildman–Crippen LogP) is 16.9. The van der Waals surface area contributed by atoms with E-state index in [2.05, 4.69) is 49.1 Å². The van der Waals surface area contributed by atoms with E-state index >= 15 is 0 Å². The van der Waals surface area contributed by atoms with Crippen molar-refractivity contribution in [2.75, 3.05) is 19.8 Å². The van der Waals surface area contributed by atoms with Gasteiger partial charge in [0.25, 0.3) is 0 Å². The number of nitrogens with one attached hydrogen (secondary N) is 3. The third-order valence-corrected chi connectivity index (χ3v) is 24.5. The van der Waals surface area contributed by atoms with E-state index < -0.39 is 0 Å². The molecule has 108 heavy (non-hydrogen) atoms. The normalized spacial score (nSPS) is 31.4. The van der Waals surface area contributed by atoms with Crippen LogP contribution in [0.3, 0.4) is 0 Å². The molecule has 0 spiro atoms. The topological polar surface area (TPSA) is 233 Å². The van der Waals surface area contributed by atoms with Gasteiger partial charge in [-0.15, -0.1) is 0 Å². The number of hydrogen-bond donors (Lipinski definition) is 3. The second kappa shape index (κ2) is 34.7. The molecular formula is C87H99F3N6O12. The minimum Gasteiger partial charge on any atom is -0.462 e. The first kappa shape index (κ1) is 76.5. The zero-order chi connectivity index (χ0) is 75.7. The third-order valence-electron chi connectivity index (χ3n) is 24.5. The third kappa shape index (κ3) is 17.9.